The lowest BCUT2D eigenvalue weighted by molar-refractivity contribution is -0.0553. The Kier molecular flexibility index (Phi) is 2.73. The summed E-state index contributed by atoms with van der Waals surface area (Å²) in [5.74, 6) is 0.512. The van der Waals surface area contributed by atoms with Crippen molar-refractivity contribution in [1.82, 2.24) is 10.2 Å². The summed E-state index contributed by atoms with van der Waals surface area (Å²) in [6, 6.07) is 0. The molecule has 2 aliphatic heterocycles. The Hall–Kier alpha value is -1.33. The lowest BCUT2D eigenvalue weighted by atomic mass is 10.1. The molecule has 0 bridgehead atoms. The molecule has 5 heteroatoms. The molecule has 1 fully saturated rings. The maximum absolute atomic E-state index is 13.4. The van der Waals surface area contributed by atoms with E-state index in [4.69, 9.17) is 4.74 Å². The van der Waals surface area contributed by atoms with Crippen LogP contribution in [0.15, 0.2) is 37.0 Å². The highest BCUT2D eigenvalue weighted by Gasteiger charge is 2.45. The molecule has 0 radical (unpaired) electrons. The van der Waals surface area contributed by atoms with Gasteiger partial charge in [0, 0.05) is 11.9 Å². The van der Waals surface area contributed by atoms with E-state index in [9.17, 15) is 9.50 Å². The molecule has 16 heavy (non-hydrogen) atoms. The van der Waals surface area contributed by atoms with Gasteiger partial charge >= 0.3 is 0 Å². The molecule has 88 valence electrons. The van der Waals surface area contributed by atoms with Crippen LogP contribution in [0.2, 0.25) is 0 Å². The van der Waals surface area contributed by atoms with Gasteiger partial charge in [0.2, 0.25) is 0 Å². The standard InChI is InChI=1S/C11H15FN2O2/c1-6-4-5-14(8(3)13-6)11-10(15)9(12)7(2)16-11/h4-5,7,9-11,13,15H,1,3H2,2H3/t7?,9?,10-,11?/m1/s1. The highest BCUT2D eigenvalue weighted by atomic mass is 19.1. The van der Waals surface area contributed by atoms with E-state index in [1.54, 1.807) is 24.1 Å². The number of hydrogen-bond donors (Lipinski definition) is 2. The summed E-state index contributed by atoms with van der Waals surface area (Å²) in [5.41, 5.74) is 0.693. The molecule has 3 unspecified atom stereocenters. The largest absolute Gasteiger partial charge is 0.385 e. The highest BCUT2D eigenvalue weighted by molar-refractivity contribution is 5.24. The molecule has 2 rings (SSSR count). The third-order valence-electron chi connectivity index (χ3n) is 2.75. The molecule has 0 saturated carbocycles. The Morgan fingerprint density at radius 1 is 1.56 bits per heavy atom. The lowest BCUT2D eigenvalue weighted by Gasteiger charge is -2.33. The predicted molar refractivity (Wildman–Crippen MR) is 57.6 cm³/mol. The molecular formula is C11H15FN2O2. The van der Waals surface area contributed by atoms with Crippen molar-refractivity contribution in [2.75, 3.05) is 0 Å². The first-order valence-corrected chi connectivity index (χ1v) is 5.09. The predicted octanol–water partition coefficient (Wildman–Crippen LogP) is 0.834. The van der Waals surface area contributed by atoms with Crippen molar-refractivity contribution in [3.05, 3.63) is 37.0 Å². The summed E-state index contributed by atoms with van der Waals surface area (Å²) in [6.07, 6.45) is -0.539. The monoisotopic (exact) mass is 226 g/mol. The molecule has 0 aliphatic carbocycles. The molecule has 2 heterocycles. The first-order valence-electron chi connectivity index (χ1n) is 5.09. The third kappa shape index (κ3) is 1.72. The summed E-state index contributed by atoms with van der Waals surface area (Å²) >= 11 is 0. The van der Waals surface area contributed by atoms with Crippen LogP contribution in [0.5, 0.6) is 0 Å². The van der Waals surface area contributed by atoms with Crippen LogP contribution in [-0.2, 0) is 4.74 Å². The molecule has 0 spiro atoms. The Morgan fingerprint density at radius 2 is 2.25 bits per heavy atom. The number of aliphatic hydroxyl groups is 1. The molecule has 0 aromatic rings. The van der Waals surface area contributed by atoms with Crippen LogP contribution in [0.3, 0.4) is 0 Å². The fourth-order valence-electron chi connectivity index (χ4n) is 1.83. The second-order valence-electron chi connectivity index (χ2n) is 3.99. The number of hydrogen-bond acceptors (Lipinski definition) is 4. The second kappa shape index (κ2) is 3.92. The molecule has 0 amide bonds. The van der Waals surface area contributed by atoms with Crippen molar-refractivity contribution >= 4 is 0 Å². The van der Waals surface area contributed by atoms with Crippen molar-refractivity contribution in [3.8, 4) is 0 Å². The van der Waals surface area contributed by atoms with E-state index in [1.807, 2.05) is 0 Å². The molecule has 4 atom stereocenters. The molecule has 2 N–H and O–H groups in total. The zero-order valence-electron chi connectivity index (χ0n) is 9.06. The van der Waals surface area contributed by atoms with Crippen LogP contribution in [0, 0.1) is 0 Å². The summed E-state index contributed by atoms with van der Waals surface area (Å²) in [4.78, 5) is 1.56. The van der Waals surface area contributed by atoms with Crippen molar-refractivity contribution in [1.29, 1.82) is 0 Å². The van der Waals surface area contributed by atoms with Gasteiger partial charge in [0.15, 0.2) is 12.4 Å². The summed E-state index contributed by atoms with van der Waals surface area (Å²) < 4.78 is 18.8. The normalized spacial score (nSPS) is 39.1. The van der Waals surface area contributed by atoms with Gasteiger partial charge in [-0.3, -0.25) is 0 Å². The Bertz CT molecular complexity index is 356. The van der Waals surface area contributed by atoms with Crippen LogP contribution >= 0.6 is 0 Å². The maximum atomic E-state index is 13.4. The van der Waals surface area contributed by atoms with Crippen LogP contribution in [0.1, 0.15) is 6.92 Å². The Labute approximate surface area is 93.7 Å². The van der Waals surface area contributed by atoms with E-state index in [1.165, 1.54) is 0 Å². The van der Waals surface area contributed by atoms with Crippen molar-refractivity contribution in [3.63, 3.8) is 0 Å². The first-order chi connectivity index (χ1) is 7.50. The zero-order valence-corrected chi connectivity index (χ0v) is 9.06. The van der Waals surface area contributed by atoms with E-state index >= 15 is 0 Å². The fourth-order valence-corrected chi connectivity index (χ4v) is 1.83. The van der Waals surface area contributed by atoms with Crippen LogP contribution in [0.4, 0.5) is 4.39 Å². The molecule has 2 aliphatic rings. The Morgan fingerprint density at radius 3 is 2.75 bits per heavy atom. The SMILES string of the molecule is C=C1C=CN(C2OC(C)C(F)[C@H]2O)C(=C)N1. The molecular weight excluding hydrogens is 211 g/mol. The average Bonchev–Trinajstić information content (AvgIpc) is 2.46. The lowest BCUT2D eigenvalue weighted by Crippen LogP contribution is -2.44. The maximum Gasteiger partial charge on any atom is 0.164 e. The van der Waals surface area contributed by atoms with Crippen molar-refractivity contribution < 1.29 is 14.2 Å². The van der Waals surface area contributed by atoms with Gasteiger partial charge in [-0.2, -0.15) is 0 Å². The van der Waals surface area contributed by atoms with Crippen molar-refractivity contribution in [2.45, 2.75) is 31.5 Å². The van der Waals surface area contributed by atoms with Gasteiger partial charge in [-0.25, -0.2) is 4.39 Å². The van der Waals surface area contributed by atoms with Crippen LogP contribution in [-0.4, -0.2) is 34.6 Å². The van der Waals surface area contributed by atoms with Gasteiger partial charge in [-0.15, -0.1) is 0 Å². The number of rotatable bonds is 1. The van der Waals surface area contributed by atoms with Crippen molar-refractivity contribution in [2.24, 2.45) is 0 Å². The highest BCUT2D eigenvalue weighted by Crippen LogP contribution is 2.29. The minimum absolute atomic E-state index is 0.512. The van der Waals surface area contributed by atoms with Gasteiger partial charge in [0.25, 0.3) is 0 Å². The van der Waals surface area contributed by atoms with Gasteiger partial charge in [-0.05, 0) is 13.0 Å². The molecule has 4 nitrogen and oxygen atoms in total. The van der Waals surface area contributed by atoms with Crippen LogP contribution < -0.4 is 5.32 Å². The molecule has 1 saturated heterocycles. The fraction of sp³-hybridized carbons (Fsp3) is 0.455. The number of aliphatic hydroxyl groups excluding tert-OH is 1. The number of ether oxygens (including phenoxy) is 1. The van der Waals surface area contributed by atoms with E-state index in [0.717, 1.165) is 0 Å². The summed E-state index contributed by atoms with van der Waals surface area (Å²) in [7, 11) is 0. The number of halogens is 1. The molecule has 0 aromatic heterocycles. The topological polar surface area (TPSA) is 44.7 Å². The van der Waals surface area contributed by atoms with E-state index in [0.29, 0.717) is 11.5 Å². The Balaban J connectivity index is 2.17. The minimum atomic E-state index is -1.38. The summed E-state index contributed by atoms with van der Waals surface area (Å²) in [5, 5.41) is 12.6. The number of nitrogens with zero attached hydrogens (tertiary/aromatic N) is 1. The third-order valence-corrected chi connectivity index (χ3v) is 2.75. The van der Waals surface area contributed by atoms with Gasteiger partial charge in [0.1, 0.15) is 11.9 Å². The first kappa shape index (κ1) is 11.2. The average molecular weight is 226 g/mol. The quantitative estimate of drug-likeness (QED) is 0.695. The zero-order chi connectivity index (χ0) is 11.9. The van der Waals surface area contributed by atoms with E-state index in [-0.39, 0.29) is 0 Å². The summed E-state index contributed by atoms with van der Waals surface area (Å²) in [6.45, 7) is 9.07. The van der Waals surface area contributed by atoms with Gasteiger partial charge < -0.3 is 20.1 Å². The number of alkyl halides is 1. The molecule has 0 aromatic carbocycles. The number of nitrogens with one attached hydrogen (secondary N) is 1. The second-order valence-corrected chi connectivity index (χ2v) is 3.99. The minimum Gasteiger partial charge on any atom is -0.385 e. The van der Waals surface area contributed by atoms with Crippen LogP contribution in [0.25, 0.3) is 0 Å². The van der Waals surface area contributed by atoms with Gasteiger partial charge in [-0.1, -0.05) is 13.2 Å². The van der Waals surface area contributed by atoms with E-state index < -0.39 is 24.6 Å². The van der Waals surface area contributed by atoms with E-state index in [2.05, 4.69) is 18.5 Å². The smallest absolute Gasteiger partial charge is 0.164 e. The number of allylic oxidation sites excluding steroid dienone is 1. The van der Waals surface area contributed by atoms with Gasteiger partial charge in [0.05, 0.1) is 6.10 Å².